The Morgan fingerprint density at radius 2 is 1.91 bits per heavy atom. The first-order valence-electron chi connectivity index (χ1n) is 8.47. The van der Waals surface area contributed by atoms with Crippen molar-refractivity contribution < 1.29 is 9.42 Å². The highest BCUT2D eigenvalue weighted by molar-refractivity contribution is 7.25. The van der Waals surface area contributed by atoms with E-state index in [1.54, 1.807) is 12.3 Å². The van der Waals surface area contributed by atoms with Gasteiger partial charge in [0.2, 0.25) is 0 Å². The molecule has 5 nitrogen and oxygen atoms in total. The van der Waals surface area contributed by atoms with E-state index in [-0.39, 0.29) is 6.10 Å². The molecule has 1 N–H and O–H groups in total. The summed E-state index contributed by atoms with van der Waals surface area (Å²) in [4.78, 5) is 19.6. The average Bonchev–Trinajstić information content (AvgIpc) is 2.54. The first kappa shape index (κ1) is 18.3. The van der Waals surface area contributed by atoms with Gasteiger partial charge in [-0.2, -0.15) is 0 Å². The van der Waals surface area contributed by atoms with Crippen molar-refractivity contribution in [3.05, 3.63) is 24.7 Å². The molecule has 2 fully saturated rings. The van der Waals surface area contributed by atoms with Crippen molar-refractivity contribution >= 4 is 20.9 Å². The zero-order valence-corrected chi connectivity index (χ0v) is 14.9. The Labute approximate surface area is 141 Å². The van der Waals surface area contributed by atoms with Crippen LogP contribution in [-0.2, 0) is 4.52 Å². The quantitative estimate of drug-likeness (QED) is 0.825. The third-order valence-electron chi connectivity index (χ3n) is 4.61. The van der Waals surface area contributed by atoms with E-state index in [0.717, 1.165) is 31.5 Å². The van der Waals surface area contributed by atoms with Gasteiger partial charge in [0.05, 0.1) is 6.10 Å². The summed E-state index contributed by atoms with van der Waals surface area (Å²) in [6, 6.07) is 2.39. The van der Waals surface area contributed by atoms with Crippen LogP contribution >= 0.6 is 9.03 Å². The maximum atomic E-state index is 8.80. The molecule has 0 saturated heterocycles. The van der Waals surface area contributed by atoms with Crippen LogP contribution in [0.1, 0.15) is 57.2 Å². The molecule has 1 heterocycles. The van der Waals surface area contributed by atoms with Gasteiger partial charge < -0.3 is 14.3 Å². The molecule has 0 bridgehead atoms. The number of anilines is 1. The van der Waals surface area contributed by atoms with Crippen LogP contribution in [0.25, 0.3) is 6.08 Å². The summed E-state index contributed by atoms with van der Waals surface area (Å²) in [5.74, 6) is 1.58. The summed E-state index contributed by atoms with van der Waals surface area (Å²) in [7, 11) is 1.67. The largest absolute Gasteiger partial charge is 0.357 e. The molecule has 6 heteroatoms. The second-order valence-electron chi connectivity index (χ2n) is 6.14. The van der Waals surface area contributed by atoms with E-state index in [2.05, 4.69) is 28.5 Å². The Bertz CT molecular complexity index is 471. The minimum atomic E-state index is -0.399. The van der Waals surface area contributed by atoms with Crippen molar-refractivity contribution in [2.24, 2.45) is 0 Å². The summed E-state index contributed by atoms with van der Waals surface area (Å²) >= 11 is 0. The maximum Gasteiger partial charge on any atom is 0.153 e. The van der Waals surface area contributed by atoms with Crippen molar-refractivity contribution in [3.8, 4) is 0 Å². The third-order valence-corrected chi connectivity index (χ3v) is 5.05. The Morgan fingerprint density at radius 1 is 1.26 bits per heavy atom. The molecule has 2 saturated carbocycles. The Morgan fingerprint density at radius 3 is 2.43 bits per heavy atom. The zero-order valence-electron chi connectivity index (χ0n) is 13.9. The number of nitrogens with zero attached hydrogens (tertiary/aromatic N) is 3. The molecule has 1 unspecified atom stereocenters. The fourth-order valence-electron chi connectivity index (χ4n) is 2.72. The van der Waals surface area contributed by atoms with Crippen LogP contribution in [-0.4, -0.2) is 34.1 Å². The van der Waals surface area contributed by atoms with E-state index in [1.807, 2.05) is 6.07 Å². The predicted molar refractivity (Wildman–Crippen MR) is 96.7 cm³/mol. The van der Waals surface area contributed by atoms with Gasteiger partial charge >= 0.3 is 0 Å². The minimum absolute atomic E-state index is 0.210. The SMILES string of the molecule is C1CCC1.C=Cc1nccc(N(C)C2CCC(OPO)CC2)n1. The molecule has 1 aromatic heterocycles. The third kappa shape index (κ3) is 5.83. The Hall–Kier alpha value is -1.03. The number of hydrogen-bond donors (Lipinski definition) is 1. The number of rotatable bonds is 5. The zero-order chi connectivity index (χ0) is 16.5. The summed E-state index contributed by atoms with van der Waals surface area (Å²) in [6.07, 6.45) is 13.7. The van der Waals surface area contributed by atoms with E-state index in [1.165, 1.54) is 25.7 Å². The first-order chi connectivity index (χ1) is 11.2. The van der Waals surface area contributed by atoms with Crippen LogP contribution in [0.2, 0.25) is 0 Å². The van der Waals surface area contributed by atoms with Crippen LogP contribution < -0.4 is 4.90 Å². The molecule has 1 aromatic rings. The van der Waals surface area contributed by atoms with E-state index >= 15 is 0 Å². The highest BCUT2D eigenvalue weighted by Crippen LogP contribution is 2.29. The molecule has 0 amide bonds. The molecule has 23 heavy (non-hydrogen) atoms. The predicted octanol–water partition coefficient (Wildman–Crippen LogP) is 3.94. The monoisotopic (exact) mass is 337 g/mol. The Kier molecular flexibility index (Phi) is 7.93. The van der Waals surface area contributed by atoms with Crippen molar-refractivity contribution in [2.75, 3.05) is 11.9 Å². The molecule has 2 aliphatic carbocycles. The molecular weight excluding hydrogens is 309 g/mol. The van der Waals surface area contributed by atoms with Gasteiger partial charge in [0, 0.05) is 19.3 Å². The summed E-state index contributed by atoms with van der Waals surface area (Å²) in [6.45, 7) is 3.69. The topological polar surface area (TPSA) is 58.5 Å². The lowest BCUT2D eigenvalue weighted by molar-refractivity contribution is 0.155. The van der Waals surface area contributed by atoms with Gasteiger partial charge in [0.1, 0.15) is 5.82 Å². The molecular formula is C17H28N3O2P. The fraction of sp³-hybridized carbons (Fsp3) is 0.647. The maximum absolute atomic E-state index is 8.80. The standard InChI is InChI=1S/C13H20N3O2P.C4H8/c1-3-12-14-9-8-13(15-12)16(2)10-4-6-11(7-5-10)18-19-17;1-2-4-3-1/h3,8-11,17,19H,1,4-7H2,2H3;1-4H2. The second-order valence-corrected chi connectivity index (χ2v) is 6.56. The lowest BCUT2D eigenvalue weighted by Gasteiger charge is -2.34. The van der Waals surface area contributed by atoms with Gasteiger partial charge in [-0.25, -0.2) is 9.97 Å². The van der Waals surface area contributed by atoms with Crippen LogP contribution in [0.4, 0.5) is 5.82 Å². The van der Waals surface area contributed by atoms with Crippen molar-refractivity contribution in [2.45, 2.75) is 63.5 Å². The Balaban J connectivity index is 0.000000417. The first-order valence-corrected chi connectivity index (χ1v) is 9.33. The van der Waals surface area contributed by atoms with Crippen LogP contribution in [0, 0.1) is 0 Å². The van der Waals surface area contributed by atoms with Gasteiger partial charge in [0.25, 0.3) is 0 Å². The highest BCUT2D eigenvalue weighted by Gasteiger charge is 2.25. The lowest BCUT2D eigenvalue weighted by atomic mass is 9.92. The van der Waals surface area contributed by atoms with Crippen LogP contribution in [0.5, 0.6) is 0 Å². The summed E-state index contributed by atoms with van der Waals surface area (Å²) < 4.78 is 5.28. The van der Waals surface area contributed by atoms with Gasteiger partial charge in [-0.15, -0.1) is 0 Å². The number of hydrogen-bond acceptors (Lipinski definition) is 5. The van der Waals surface area contributed by atoms with Gasteiger partial charge in [-0.3, -0.25) is 0 Å². The van der Waals surface area contributed by atoms with E-state index in [9.17, 15) is 0 Å². The molecule has 128 valence electrons. The molecule has 3 rings (SSSR count). The van der Waals surface area contributed by atoms with E-state index in [0.29, 0.717) is 11.9 Å². The fourth-order valence-corrected chi connectivity index (χ4v) is 3.11. The molecule has 0 aromatic carbocycles. The smallest absolute Gasteiger partial charge is 0.153 e. The average molecular weight is 337 g/mol. The van der Waals surface area contributed by atoms with Crippen molar-refractivity contribution in [1.29, 1.82) is 0 Å². The van der Waals surface area contributed by atoms with Crippen molar-refractivity contribution in [1.82, 2.24) is 9.97 Å². The number of aromatic nitrogens is 2. The molecule has 0 radical (unpaired) electrons. The van der Waals surface area contributed by atoms with Crippen molar-refractivity contribution in [3.63, 3.8) is 0 Å². The van der Waals surface area contributed by atoms with E-state index < -0.39 is 9.03 Å². The lowest BCUT2D eigenvalue weighted by Crippen LogP contribution is -2.37. The molecule has 1 atom stereocenters. The van der Waals surface area contributed by atoms with Gasteiger partial charge in [-0.1, -0.05) is 32.3 Å². The van der Waals surface area contributed by atoms with Gasteiger partial charge in [0.15, 0.2) is 14.9 Å². The summed E-state index contributed by atoms with van der Waals surface area (Å²) in [5, 5.41) is 0. The van der Waals surface area contributed by atoms with Gasteiger partial charge in [-0.05, 0) is 37.8 Å². The molecule has 0 aliphatic heterocycles. The van der Waals surface area contributed by atoms with E-state index in [4.69, 9.17) is 9.42 Å². The molecule has 2 aliphatic rings. The van der Waals surface area contributed by atoms with Crippen LogP contribution in [0.3, 0.4) is 0 Å². The minimum Gasteiger partial charge on any atom is -0.357 e. The molecule has 0 spiro atoms. The summed E-state index contributed by atoms with van der Waals surface area (Å²) in [5.41, 5.74) is 0. The highest BCUT2D eigenvalue weighted by atomic mass is 31.1. The van der Waals surface area contributed by atoms with Crippen LogP contribution in [0.15, 0.2) is 18.8 Å². The normalized spacial score (nSPS) is 23.7. The second kappa shape index (κ2) is 9.96.